The summed E-state index contributed by atoms with van der Waals surface area (Å²) >= 11 is 1.55. The Morgan fingerprint density at radius 1 is 1.32 bits per heavy atom. The van der Waals surface area contributed by atoms with Crippen LogP contribution in [0.4, 0.5) is 5.95 Å². The van der Waals surface area contributed by atoms with E-state index in [2.05, 4.69) is 52.9 Å². The van der Waals surface area contributed by atoms with Crippen molar-refractivity contribution in [3.63, 3.8) is 0 Å². The maximum absolute atomic E-state index is 9.68. The first-order chi connectivity index (χ1) is 12.0. The van der Waals surface area contributed by atoms with Gasteiger partial charge in [-0.15, -0.1) is 0 Å². The lowest BCUT2D eigenvalue weighted by molar-refractivity contribution is 0.461. The highest BCUT2D eigenvalue weighted by atomic mass is 32.2. The Morgan fingerprint density at radius 2 is 2.08 bits per heavy atom. The van der Waals surface area contributed by atoms with Crippen molar-refractivity contribution in [2.24, 2.45) is 5.41 Å². The van der Waals surface area contributed by atoms with E-state index in [0.717, 1.165) is 23.6 Å². The summed E-state index contributed by atoms with van der Waals surface area (Å²) in [5.74, 6) is 0.616. The Morgan fingerprint density at radius 3 is 2.72 bits per heavy atom. The van der Waals surface area contributed by atoms with Gasteiger partial charge >= 0.3 is 0 Å². The molecule has 2 aliphatic rings. The van der Waals surface area contributed by atoms with Crippen LogP contribution in [0.2, 0.25) is 0 Å². The first-order valence-electron chi connectivity index (χ1n) is 8.86. The van der Waals surface area contributed by atoms with Crippen molar-refractivity contribution in [2.45, 2.75) is 58.9 Å². The predicted molar refractivity (Wildman–Crippen MR) is 103 cm³/mol. The second-order valence-corrected chi connectivity index (χ2v) is 8.46. The summed E-state index contributed by atoms with van der Waals surface area (Å²) < 4.78 is 0. The molecule has 0 atom stereocenters. The number of rotatable bonds is 3. The number of thioether (sulfide) groups is 1. The van der Waals surface area contributed by atoms with Gasteiger partial charge in [0.25, 0.3) is 0 Å². The van der Waals surface area contributed by atoms with Gasteiger partial charge in [0.2, 0.25) is 5.95 Å². The maximum Gasteiger partial charge on any atom is 0.223 e. The number of aromatic nitrogens is 2. The molecule has 2 N–H and O–H groups in total. The summed E-state index contributed by atoms with van der Waals surface area (Å²) in [6, 6.07) is 4.55. The second-order valence-electron chi connectivity index (χ2n) is 7.59. The van der Waals surface area contributed by atoms with E-state index in [1.165, 1.54) is 19.3 Å². The maximum atomic E-state index is 9.68. The summed E-state index contributed by atoms with van der Waals surface area (Å²) in [6.07, 6.45) is 7.88. The summed E-state index contributed by atoms with van der Waals surface area (Å²) in [5, 5.41) is 19.4. The molecule has 2 heterocycles. The zero-order valence-corrected chi connectivity index (χ0v) is 15.9. The Balaban J connectivity index is 1.79. The molecule has 0 saturated heterocycles. The standard InChI is InChI=1S/C19H25N5S/c1-19(2,3)16-12-25-17(24-16)14(11-20)15-9-10-21-18(23-15)22-13-7-5-4-6-8-13/h9-10,12-13,24H,4-8H2,1-3H3,(H,21,22,23). The molecule has 1 aromatic heterocycles. The normalized spacial score (nSPS) is 20.5. The Kier molecular flexibility index (Phi) is 5.33. The minimum Gasteiger partial charge on any atom is -0.351 e. The van der Waals surface area contributed by atoms with Crippen LogP contribution in [0.5, 0.6) is 0 Å². The molecular weight excluding hydrogens is 330 g/mol. The molecule has 132 valence electrons. The van der Waals surface area contributed by atoms with E-state index in [0.29, 0.717) is 23.3 Å². The van der Waals surface area contributed by atoms with Crippen molar-refractivity contribution >= 4 is 23.3 Å². The fourth-order valence-electron chi connectivity index (χ4n) is 3.01. The number of nitrogens with zero attached hydrogens (tertiary/aromatic N) is 3. The van der Waals surface area contributed by atoms with E-state index in [1.807, 2.05) is 0 Å². The lowest BCUT2D eigenvalue weighted by Gasteiger charge is -2.22. The van der Waals surface area contributed by atoms with Crippen LogP contribution >= 0.6 is 11.8 Å². The van der Waals surface area contributed by atoms with E-state index in [4.69, 9.17) is 0 Å². The molecule has 0 aromatic carbocycles. The molecule has 25 heavy (non-hydrogen) atoms. The summed E-state index contributed by atoms with van der Waals surface area (Å²) in [4.78, 5) is 8.93. The first-order valence-corrected chi connectivity index (χ1v) is 9.74. The highest BCUT2D eigenvalue weighted by molar-refractivity contribution is 8.06. The molecule has 1 aliphatic carbocycles. The van der Waals surface area contributed by atoms with Crippen LogP contribution in [0.3, 0.4) is 0 Å². The molecule has 0 unspecified atom stereocenters. The summed E-state index contributed by atoms with van der Waals surface area (Å²) in [7, 11) is 0. The monoisotopic (exact) mass is 355 g/mol. The average Bonchev–Trinajstić information content (AvgIpc) is 3.07. The molecular formula is C19H25N5S. The van der Waals surface area contributed by atoms with Crippen molar-refractivity contribution in [1.29, 1.82) is 5.26 Å². The molecule has 0 spiro atoms. The third-order valence-electron chi connectivity index (χ3n) is 4.54. The first kappa shape index (κ1) is 17.8. The van der Waals surface area contributed by atoms with Crippen LogP contribution in [-0.4, -0.2) is 16.0 Å². The number of nitrogens with one attached hydrogen (secondary N) is 2. The van der Waals surface area contributed by atoms with Crippen molar-refractivity contribution in [3.8, 4) is 6.07 Å². The number of hydrogen-bond acceptors (Lipinski definition) is 6. The van der Waals surface area contributed by atoms with Crippen LogP contribution in [0, 0.1) is 16.7 Å². The molecule has 1 saturated carbocycles. The van der Waals surface area contributed by atoms with Gasteiger partial charge in [0.1, 0.15) is 11.6 Å². The average molecular weight is 356 g/mol. The van der Waals surface area contributed by atoms with E-state index in [1.54, 1.807) is 24.0 Å². The summed E-state index contributed by atoms with van der Waals surface area (Å²) in [5.41, 5.74) is 2.37. The van der Waals surface area contributed by atoms with Gasteiger partial charge in [-0.2, -0.15) is 5.26 Å². The zero-order chi connectivity index (χ0) is 17.9. The van der Waals surface area contributed by atoms with Crippen LogP contribution in [-0.2, 0) is 0 Å². The lowest BCUT2D eigenvalue weighted by atomic mass is 9.93. The highest BCUT2D eigenvalue weighted by Gasteiger charge is 2.25. The second kappa shape index (κ2) is 7.49. The molecule has 0 radical (unpaired) electrons. The fraction of sp³-hybridized carbons (Fsp3) is 0.526. The molecule has 1 aliphatic heterocycles. The largest absolute Gasteiger partial charge is 0.351 e. The molecule has 0 bridgehead atoms. The summed E-state index contributed by atoms with van der Waals surface area (Å²) in [6.45, 7) is 6.45. The van der Waals surface area contributed by atoms with Gasteiger partial charge in [0.15, 0.2) is 0 Å². The Labute approximate surface area is 154 Å². The number of allylic oxidation sites excluding steroid dienone is 2. The van der Waals surface area contributed by atoms with Crippen LogP contribution < -0.4 is 10.6 Å². The van der Waals surface area contributed by atoms with E-state index >= 15 is 0 Å². The predicted octanol–water partition coefficient (Wildman–Crippen LogP) is 4.64. The Hall–Kier alpha value is -2.00. The van der Waals surface area contributed by atoms with Crippen LogP contribution in [0.25, 0.3) is 5.57 Å². The third kappa shape index (κ3) is 4.35. The van der Waals surface area contributed by atoms with Gasteiger partial charge < -0.3 is 10.6 Å². The Bertz CT molecular complexity index is 733. The number of hydrogen-bond donors (Lipinski definition) is 2. The number of nitriles is 1. The lowest BCUT2D eigenvalue weighted by Crippen LogP contribution is -2.23. The smallest absolute Gasteiger partial charge is 0.223 e. The number of anilines is 1. The van der Waals surface area contributed by atoms with Crippen molar-refractivity contribution in [2.75, 3.05) is 5.32 Å². The molecule has 1 aromatic rings. The minimum atomic E-state index is 0.0225. The van der Waals surface area contributed by atoms with Gasteiger partial charge in [-0.05, 0) is 24.3 Å². The van der Waals surface area contributed by atoms with Gasteiger partial charge in [-0.1, -0.05) is 51.8 Å². The van der Waals surface area contributed by atoms with Crippen molar-refractivity contribution in [1.82, 2.24) is 15.3 Å². The molecule has 5 nitrogen and oxygen atoms in total. The topological polar surface area (TPSA) is 73.6 Å². The third-order valence-corrected chi connectivity index (χ3v) is 5.44. The quantitative estimate of drug-likeness (QED) is 0.770. The van der Waals surface area contributed by atoms with Crippen molar-refractivity contribution < 1.29 is 0 Å². The van der Waals surface area contributed by atoms with Crippen molar-refractivity contribution in [3.05, 3.63) is 34.1 Å². The highest BCUT2D eigenvalue weighted by Crippen LogP contribution is 2.37. The van der Waals surface area contributed by atoms with Gasteiger partial charge in [0.05, 0.1) is 10.7 Å². The van der Waals surface area contributed by atoms with Gasteiger partial charge in [-0.3, -0.25) is 0 Å². The molecule has 3 rings (SSSR count). The molecule has 6 heteroatoms. The van der Waals surface area contributed by atoms with Gasteiger partial charge in [0, 0.05) is 23.4 Å². The van der Waals surface area contributed by atoms with Crippen LogP contribution in [0.1, 0.15) is 58.6 Å². The van der Waals surface area contributed by atoms with E-state index < -0.39 is 0 Å². The molecule has 0 amide bonds. The van der Waals surface area contributed by atoms with E-state index in [-0.39, 0.29) is 5.41 Å². The van der Waals surface area contributed by atoms with Gasteiger partial charge in [-0.25, -0.2) is 9.97 Å². The van der Waals surface area contributed by atoms with Crippen LogP contribution in [0.15, 0.2) is 28.4 Å². The minimum absolute atomic E-state index is 0.0225. The zero-order valence-electron chi connectivity index (χ0n) is 15.1. The van der Waals surface area contributed by atoms with E-state index in [9.17, 15) is 5.26 Å². The fourth-order valence-corrected chi connectivity index (χ4v) is 4.09. The molecule has 1 fully saturated rings. The SMILES string of the molecule is CC(C)(C)C1=CSC(=C(C#N)c2ccnc(NC3CCCCC3)n2)N1.